The van der Waals surface area contributed by atoms with Crippen LogP contribution >= 0.6 is 28.1 Å². The number of nitrogens with one attached hydrogen (secondary N) is 1. The molecule has 3 aromatic rings. The topological polar surface area (TPSA) is 72.4 Å². The Morgan fingerprint density at radius 1 is 1.13 bits per heavy atom. The molecule has 0 unspecified atom stereocenters. The molecule has 0 bridgehead atoms. The second-order valence-corrected chi connectivity index (χ2v) is 7.82. The van der Waals surface area contributed by atoms with Crippen molar-refractivity contribution in [1.29, 1.82) is 0 Å². The molecule has 2 aromatic carbocycles. The van der Waals surface area contributed by atoms with Gasteiger partial charge in [0.25, 0.3) is 0 Å². The Kier molecular flexibility index (Phi) is 7.64. The highest BCUT2D eigenvalue weighted by atomic mass is 79.9. The van der Waals surface area contributed by atoms with Gasteiger partial charge in [-0.25, -0.2) is 0 Å². The summed E-state index contributed by atoms with van der Waals surface area (Å²) < 4.78 is 14.2. The van der Waals surface area contributed by atoms with Crippen LogP contribution in [-0.2, 0) is 11.3 Å². The third-order valence-electron chi connectivity index (χ3n) is 4.41. The molecule has 1 heterocycles. The predicted molar refractivity (Wildman–Crippen MR) is 121 cm³/mol. The lowest BCUT2D eigenvalue weighted by Gasteiger charge is -2.18. The molecule has 0 aliphatic heterocycles. The van der Waals surface area contributed by atoms with Crippen LogP contribution in [0.3, 0.4) is 0 Å². The van der Waals surface area contributed by atoms with E-state index in [0.717, 1.165) is 21.5 Å². The summed E-state index contributed by atoms with van der Waals surface area (Å²) in [6, 6.07) is 15.1. The zero-order valence-corrected chi connectivity index (χ0v) is 19.2. The summed E-state index contributed by atoms with van der Waals surface area (Å²) in [4.78, 5) is 14.3. The molecule has 3 rings (SSSR count). The van der Waals surface area contributed by atoms with Gasteiger partial charge in [-0.05, 0) is 67.7 Å². The smallest absolute Gasteiger partial charge is 0.242 e. The molecule has 158 valence electrons. The van der Waals surface area contributed by atoms with Gasteiger partial charge in [-0.3, -0.25) is 14.5 Å². The highest BCUT2D eigenvalue weighted by Crippen LogP contribution is 2.21. The van der Waals surface area contributed by atoms with Crippen LogP contribution in [0, 0.1) is 4.77 Å². The lowest BCUT2D eigenvalue weighted by molar-refractivity contribution is -0.130. The predicted octanol–water partition coefficient (Wildman–Crippen LogP) is 4.31. The van der Waals surface area contributed by atoms with E-state index in [0.29, 0.717) is 30.4 Å². The van der Waals surface area contributed by atoms with Crippen LogP contribution in [0.1, 0.15) is 6.92 Å². The van der Waals surface area contributed by atoms with Gasteiger partial charge in [0, 0.05) is 17.1 Å². The van der Waals surface area contributed by atoms with Crippen LogP contribution in [0.2, 0.25) is 0 Å². The molecule has 0 radical (unpaired) electrons. The molecule has 30 heavy (non-hydrogen) atoms. The summed E-state index contributed by atoms with van der Waals surface area (Å²) in [7, 11) is 1.74. The zero-order valence-electron chi connectivity index (χ0n) is 16.8. The minimum atomic E-state index is -0.0842. The van der Waals surface area contributed by atoms with Gasteiger partial charge in [0.15, 0.2) is 10.6 Å². The van der Waals surface area contributed by atoms with E-state index < -0.39 is 0 Å². The van der Waals surface area contributed by atoms with E-state index in [-0.39, 0.29) is 12.5 Å². The molecule has 0 atom stereocenters. The van der Waals surface area contributed by atoms with Gasteiger partial charge in [-0.15, -0.1) is 0 Å². The molecule has 1 amide bonds. The Labute approximate surface area is 188 Å². The first-order chi connectivity index (χ1) is 14.5. The molecule has 1 aromatic heterocycles. The van der Waals surface area contributed by atoms with Crippen LogP contribution in [0.4, 0.5) is 0 Å². The summed E-state index contributed by atoms with van der Waals surface area (Å²) in [6.07, 6.45) is 0. The number of aromatic nitrogens is 3. The number of halogens is 1. The van der Waals surface area contributed by atoms with Crippen molar-refractivity contribution < 1.29 is 14.3 Å². The van der Waals surface area contributed by atoms with E-state index in [2.05, 4.69) is 26.1 Å². The number of aromatic amines is 1. The van der Waals surface area contributed by atoms with Crippen molar-refractivity contribution in [3.8, 4) is 22.9 Å². The number of ether oxygens (including phenoxy) is 2. The maximum atomic E-state index is 12.7. The fourth-order valence-corrected chi connectivity index (χ4v) is 3.22. The number of H-pyrrole nitrogens is 1. The van der Waals surface area contributed by atoms with Gasteiger partial charge in [-0.2, -0.15) is 5.10 Å². The lowest BCUT2D eigenvalue weighted by atomic mass is 10.2. The highest BCUT2D eigenvalue weighted by molar-refractivity contribution is 9.10. The minimum Gasteiger partial charge on any atom is -0.494 e. The number of hydrogen-bond acceptors (Lipinski definition) is 5. The monoisotopic (exact) mass is 490 g/mol. The van der Waals surface area contributed by atoms with Crippen molar-refractivity contribution in [2.24, 2.45) is 0 Å². The fourth-order valence-electron chi connectivity index (χ4n) is 2.76. The summed E-state index contributed by atoms with van der Waals surface area (Å²) >= 11 is 8.72. The van der Waals surface area contributed by atoms with Crippen molar-refractivity contribution in [3.05, 3.63) is 57.8 Å². The lowest BCUT2D eigenvalue weighted by Crippen LogP contribution is -2.33. The van der Waals surface area contributed by atoms with Gasteiger partial charge in [-0.1, -0.05) is 15.9 Å². The van der Waals surface area contributed by atoms with Gasteiger partial charge < -0.3 is 14.4 Å². The number of hydrogen-bond donors (Lipinski definition) is 1. The Morgan fingerprint density at radius 3 is 2.43 bits per heavy atom. The number of benzene rings is 2. The van der Waals surface area contributed by atoms with Crippen LogP contribution in [0.25, 0.3) is 11.4 Å². The van der Waals surface area contributed by atoms with Crippen LogP contribution in [-0.4, -0.2) is 52.4 Å². The van der Waals surface area contributed by atoms with Crippen molar-refractivity contribution >= 4 is 34.1 Å². The minimum absolute atomic E-state index is 0.0842. The number of nitrogens with zero attached hydrogens (tertiary/aromatic N) is 3. The largest absolute Gasteiger partial charge is 0.494 e. The first-order valence-corrected chi connectivity index (χ1v) is 10.7. The number of amides is 1. The standard InChI is InChI=1S/C21H23BrN4O3S/c1-3-28-17-8-4-15(5-9-17)20-23-24-21(30)26(20)14-19(27)25(2)12-13-29-18-10-6-16(22)7-11-18/h4-11H,3,12-14H2,1-2H3,(H,24,30). The van der Waals surface area contributed by atoms with Gasteiger partial charge >= 0.3 is 0 Å². The third-order valence-corrected chi connectivity index (χ3v) is 5.25. The summed E-state index contributed by atoms with van der Waals surface area (Å²) in [5, 5.41) is 7.06. The van der Waals surface area contributed by atoms with Gasteiger partial charge in [0.1, 0.15) is 24.7 Å². The average molecular weight is 491 g/mol. The second-order valence-electron chi connectivity index (χ2n) is 6.51. The van der Waals surface area contributed by atoms with E-state index in [1.165, 1.54) is 0 Å². The normalized spacial score (nSPS) is 10.6. The summed E-state index contributed by atoms with van der Waals surface area (Å²) in [5.74, 6) is 2.06. The molecule has 0 saturated carbocycles. The van der Waals surface area contributed by atoms with E-state index in [1.807, 2.05) is 55.5 Å². The van der Waals surface area contributed by atoms with Crippen LogP contribution in [0.15, 0.2) is 53.0 Å². The van der Waals surface area contributed by atoms with E-state index in [4.69, 9.17) is 21.7 Å². The Hall–Kier alpha value is -2.65. The Balaban J connectivity index is 1.61. The quantitative estimate of drug-likeness (QED) is 0.452. The second kappa shape index (κ2) is 10.4. The molecule has 0 aliphatic carbocycles. The number of carbonyl (C=O) groups excluding carboxylic acids is 1. The van der Waals surface area contributed by atoms with Crippen molar-refractivity contribution in [2.45, 2.75) is 13.5 Å². The van der Waals surface area contributed by atoms with E-state index >= 15 is 0 Å². The molecular weight excluding hydrogens is 468 g/mol. The Morgan fingerprint density at radius 2 is 1.77 bits per heavy atom. The zero-order chi connectivity index (χ0) is 21.5. The number of carbonyl (C=O) groups is 1. The van der Waals surface area contributed by atoms with Crippen molar-refractivity contribution in [3.63, 3.8) is 0 Å². The average Bonchev–Trinajstić information content (AvgIpc) is 3.10. The molecule has 1 N–H and O–H groups in total. The molecule has 0 saturated heterocycles. The van der Waals surface area contributed by atoms with Gasteiger partial charge in [0.05, 0.1) is 13.2 Å². The van der Waals surface area contributed by atoms with Crippen LogP contribution < -0.4 is 9.47 Å². The first-order valence-electron chi connectivity index (χ1n) is 9.48. The molecule has 0 spiro atoms. The third kappa shape index (κ3) is 5.70. The maximum Gasteiger partial charge on any atom is 0.242 e. The van der Waals surface area contributed by atoms with Crippen molar-refractivity contribution in [1.82, 2.24) is 19.7 Å². The summed E-state index contributed by atoms with van der Waals surface area (Å²) in [6.45, 7) is 3.48. The number of rotatable bonds is 9. The van der Waals surface area contributed by atoms with E-state index in [9.17, 15) is 4.79 Å². The Bertz CT molecular complexity index is 1030. The van der Waals surface area contributed by atoms with Gasteiger partial charge in [0.2, 0.25) is 5.91 Å². The van der Waals surface area contributed by atoms with Crippen LogP contribution in [0.5, 0.6) is 11.5 Å². The molecule has 0 aliphatic rings. The highest BCUT2D eigenvalue weighted by Gasteiger charge is 2.15. The fraction of sp³-hybridized carbons (Fsp3) is 0.286. The van der Waals surface area contributed by atoms with Crippen molar-refractivity contribution in [2.75, 3.05) is 26.8 Å². The maximum absolute atomic E-state index is 12.7. The summed E-state index contributed by atoms with van der Waals surface area (Å²) in [5.41, 5.74) is 0.847. The molecule has 0 fully saturated rings. The van der Waals surface area contributed by atoms with E-state index in [1.54, 1.807) is 16.5 Å². The molecule has 9 heteroatoms. The first kappa shape index (κ1) is 22.0. The molecule has 7 nitrogen and oxygen atoms in total. The number of likely N-dealkylation sites (N-methyl/N-ethyl adjacent to an activating group) is 1. The SMILES string of the molecule is CCOc1ccc(-c2n[nH]c(=S)n2CC(=O)N(C)CCOc2ccc(Br)cc2)cc1. The molecular formula is C21H23BrN4O3S.